The number of carboxylic acid groups (broad SMARTS) is 1. The lowest BCUT2D eigenvalue weighted by Crippen LogP contribution is -2.51. The van der Waals surface area contributed by atoms with Gasteiger partial charge in [-0.25, -0.2) is 9.80 Å². The number of benzene rings is 1. The summed E-state index contributed by atoms with van der Waals surface area (Å²) in [5.74, 6) is 6.02. The number of aliphatic hydroxyl groups is 1. The largest absolute Gasteiger partial charge is 0.477 e. The van der Waals surface area contributed by atoms with Crippen molar-refractivity contribution in [2.75, 3.05) is 25.4 Å². The Morgan fingerprint density at radius 3 is 2.78 bits per heavy atom. The Bertz CT molecular complexity index is 1270. The summed E-state index contributed by atoms with van der Waals surface area (Å²) in [6, 6.07) is 13.3. The number of hydrogen-bond acceptors (Lipinski definition) is 7. The molecule has 1 amide bonds. The number of hydrazine groups is 1. The van der Waals surface area contributed by atoms with Gasteiger partial charge in [-0.15, -0.1) is 22.7 Å². The van der Waals surface area contributed by atoms with Gasteiger partial charge < -0.3 is 10.2 Å². The van der Waals surface area contributed by atoms with E-state index in [0.29, 0.717) is 49.7 Å². The number of amides is 1. The van der Waals surface area contributed by atoms with Crippen molar-refractivity contribution in [3.05, 3.63) is 78.6 Å². The maximum absolute atomic E-state index is 12.6. The Labute approximate surface area is 227 Å². The highest BCUT2D eigenvalue weighted by Gasteiger charge is 2.27. The van der Waals surface area contributed by atoms with E-state index < -0.39 is 12.1 Å². The van der Waals surface area contributed by atoms with E-state index in [1.165, 1.54) is 17.8 Å². The molecule has 10 heteroatoms. The Kier molecular flexibility index (Phi) is 9.48. The van der Waals surface area contributed by atoms with Gasteiger partial charge in [-0.1, -0.05) is 53.4 Å². The summed E-state index contributed by atoms with van der Waals surface area (Å²) in [5, 5.41) is 25.9. The second-order valence-electron chi connectivity index (χ2n) is 8.20. The van der Waals surface area contributed by atoms with Crippen LogP contribution >= 0.6 is 46.0 Å². The molecule has 6 nitrogen and oxygen atoms in total. The molecular formula is C26H25ClN2O4S3. The van der Waals surface area contributed by atoms with Crippen LogP contribution in [-0.4, -0.2) is 62.9 Å². The normalized spacial score (nSPS) is 14.9. The highest BCUT2D eigenvalue weighted by Crippen LogP contribution is 2.29. The molecule has 1 saturated heterocycles. The third-order valence-corrected chi connectivity index (χ3v) is 8.88. The predicted molar refractivity (Wildman–Crippen MR) is 147 cm³/mol. The van der Waals surface area contributed by atoms with Gasteiger partial charge >= 0.3 is 5.97 Å². The van der Waals surface area contributed by atoms with Crippen molar-refractivity contribution < 1.29 is 19.8 Å². The molecule has 188 valence electrons. The fraction of sp³-hybridized carbons (Fsp3) is 0.308. The van der Waals surface area contributed by atoms with Gasteiger partial charge in [0.1, 0.15) is 4.88 Å². The number of aliphatic hydroxyl groups excluding tert-OH is 1. The first kappa shape index (κ1) is 26.7. The molecule has 0 radical (unpaired) electrons. The molecule has 3 aromatic rings. The summed E-state index contributed by atoms with van der Waals surface area (Å²) >= 11 is 10.2. The standard InChI is InChI=1S/C26H25ClN2O4S3/c27-22-17-24(25(31)32)36-23(22)9-11-29-26(33)35-14-12-28(29)10-8-20(30)16-19-4-1-3-18(15-19)6-7-21-5-2-13-34-21/h1-5,13,15,17,20,30H,8-12,14,16H2,(H,31,32)/t20-/m1/s1. The van der Waals surface area contributed by atoms with Gasteiger partial charge in [0, 0.05) is 42.2 Å². The number of hydrogen-bond donors (Lipinski definition) is 2. The molecule has 0 aliphatic carbocycles. The van der Waals surface area contributed by atoms with E-state index in [2.05, 4.69) is 11.8 Å². The van der Waals surface area contributed by atoms with Crippen LogP contribution < -0.4 is 0 Å². The summed E-state index contributed by atoms with van der Waals surface area (Å²) in [6.07, 6.45) is 0.944. The molecule has 3 heterocycles. The highest BCUT2D eigenvalue weighted by molar-refractivity contribution is 8.13. The zero-order valence-electron chi connectivity index (χ0n) is 19.4. The smallest absolute Gasteiger partial charge is 0.345 e. The summed E-state index contributed by atoms with van der Waals surface area (Å²) in [5.41, 5.74) is 1.93. The lowest BCUT2D eigenvalue weighted by molar-refractivity contribution is 0.0148. The van der Waals surface area contributed by atoms with Crippen molar-refractivity contribution in [3.63, 3.8) is 0 Å². The van der Waals surface area contributed by atoms with Crippen LogP contribution in [0.25, 0.3) is 0 Å². The topological polar surface area (TPSA) is 81.1 Å². The van der Waals surface area contributed by atoms with Crippen LogP contribution in [0.4, 0.5) is 4.79 Å². The summed E-state index contributed by atoms with van der Waals surface area (Å²) in [6.45, 7) is 1.66. The molecule has 2 N–H and O–H groups in total. The Morgan fingerprint density at radius 1 is 1.17 bits per heavy atom. The van der Waals surface area contributed by atoms with Crippen molar-refractivity contribution in [2.24, 2.45) is 0 Å². The van der Waals surface area contributed by atoms with Crippen LogP contribution in [0.1, 0.15) is 37.0 Å². The summed E-state index contributed by atoms with van der Waals surface area (Å²) in [7, 11) is 0. The fourth-order valence-electron chi connectivity index (χ4n) is 3.84. The number of aromatic carboxylic acids is 1. The highest BCUT2D eigenvalue weighted by atomic mass is 35.5. The molecule has 1 atom stereocenters. The van der Waals surface area contributed by atoms with Gasteiger partial charge in [0.25, 0.3) is 5.24 Å². The number of thiophene rings is 2. The number of nitrogens with zero attached hydrogens (tertiary/aromatic N) is 2. The van der Waals surface area contributed by atoms with Gasteiger partial charge in [0.15, 0.2) is 0 Å². The minimum absolute atomic E-state index is 0.0427. The minimum Gasteiger partial charge on any atom is -0.477 e. The number of carboxylic acids is 1. The minimum atomic E-state index is -1.01. The summed E-state index contributed by atoms with van der Waals surface area (Å²) in [4.78, 5) is 25.8. The van der Waals surface area contributed by atoms with E-state index in [9.17, 15) is 19.8 Å². The molecule has 1 aromatic carbocycles. The van der Waals surface area contributed by atoms with Crippen LogP contribution in [0, 0.1) is 11.8 Å². The van der Waals surface area contributed by atoms with Gasteiger partial charge in [-0.3, -0.25) is 9.80 Å². The Morgan fingerprint density at radius 2 is 2.03 bits per heavy atom. The van der Waals surface area contributed by atoms with Crippen LogP contribution in [0.15, 0.2) is 47.8 Å². The first-order chi connectivity index (χ1) is 17.4. The summed E-state index contributed by atoms with van der Waals surface area (Å²) < 4.78 is 0. The van der Waals surface area contributed by atoms with Crippen molar-refractivity contribution in [3.8, 4) is 11.8 Å². The maximum Gasteiger partial charge on any atom is 0.345 e. The predicted octanol–water partition coefficient (Wildman–Crippen LogP) is 5.48. The third-order valence-electron chi connectivity index (χ3n) is 5.62. The Balaban J connectivity index is 1.32. The van der Waals surface area contributed by atoms with Crippen molar-refractivity contribution >= 4 is 57.2 Å². The molecule has 0 bridgehead atoms. The van der Waals surface area contributed by atoms with Crippen molar-refractivity contribution in [1.29, 1.82) is 0 Å². The van der Waals surface area contributed by atoms with E-state index in [-0.39, 0.29) is 10.1 Å². The fourth-order valence-corrected chi connectivity index (χ4v) is 6.50. The van der Waals surface area contributed by atoms with E-state index in [1.54, 1.807) is 16.3 Å². The molecule has 0 saturated carbocycles. The second-order valence-corrected chi connectivity index (χ2v) is 11.7. The molecule has 2 aromatic heterocycles. The van der Waals surface area contributed by atoms with E-state index in [1.807, 2.05) is 46.8 Å². The number of rotatable bonds is 9. The van der Waals surface area contributed by atoms with Crippen LogP contribution in [0.2, 0.25) is 5.02 Å². The number of halogens is 1. The SMILES string of the molecule is O=C(O)c1cc(Cl)c(CCN2C(=O)SCCN2CC[C@@H](O)Cc2cccc(C#Cc3cccs3)c2)s1. The molecule has 4 rings (SSSR count). The molecule has 0 unspecified atom stereocenters. The van der Waals surface area contributed by atoms with Crippen LogP contribution in [0.3, 0.4) is 0 Å². The van der Waals surface area contributed by atoms with E-state index >= 15 is 0 Å². The van der Waals surface area contributed by atoms with Crippen molar-refractivity contribution in [2.45, 2.75) is 25.4 Å². The maximum atomic E-state index is 12.6. The van der Waals surface area contributed by atoms with Gasteiger partial charge in [-0.05, 0) is 48.1 Å². The zero-order chi connectivity index (χ0) is 25.5. The van der Waals surface area contributed by atoms with E-state index in [4.69, 9.17) is 11.6 Å². The lowest BCUT2D eigenvalue weighted by Gasteiger charge is -2.38. The number of carbonyl (C=O) groups is 2. The molecule has 0 spiro atoms. The molecule has 1 aliphatic heterocycles. The first-order valence-electron chi connectivity index (χ1n) is 11.4. The Hall–Kier alpha value is -2.32. The third kappa shape index (κ3) is 7.35. The molecule has 1 fully saturated rings. The number of carbonyl (C=O) groups excluding carboxylic acids is 1. The van der Waals surface area contributed by atoms with Crippen LogP contribution in [-0.2, 0) is 12.8 Å². The van der Waals surface area contributed by atoms with Gasteiger partial charge in [0.05, 0.1) is 16.0 Å². The van der Waals surface area contributed by atoms with Crippen molar-refractivity contribution in [1.82, 2.24) is 10.0 Å². The second kappa shape index (κ2) is 12.8. The quantitative estimate of drug-likeness (QED) is 0.337. The lowest BCUT2D eigenvalue weighted by atomic mass is 10.0. The monoisotopic (exact) mass is 560 g/mol. The first-order valence-corrected chi connectivity index (χ1v) is 14.5. The van der Waals surface area contributed by atoms with Crippen LogP contribution in [0.5, 0.6) is 0 Å². The number of thioether (sulfide) groups is 1. The zero-order valence-corrected chi connectivity index (χ0v) is 22.6. The van der Waals surface area contributed by atoms with Gasteiger partial charge in [-0.2, -0.15) is 0 Å². The average Bonchev–Trinajstić information content (AvgIpc) is 3.51. The van der Waals surface area contributed by atoms with Gasteiger partial charge in [0.2, 0.25) is 0 Å². The van der Waals surface area contributed by atoms with E-state index in [0.717, 1.165) is 32.2 Å². The molecule has 36 heavy (non-hydrogen) atoms. The molecule has 1 aliphatic rings. The molecular weight excluding hydrogens is 536 g/mol. The average molecular weight is 561 g/mol.